The summed E-state index contributed by atoms with van der Waals surface area (Å²) in [6.07, 6.45) is 1.15. The third-order valence-electron chi connectivity index (χ3n) is 2.37. The smallest absolute Gasteiger partial charge is 0.233 e. The summed E-state index contributed by atoms with van der Waals surface area (Å²) < 4.78 is 22.7. The molecule has 7 nitrogen and oxygen atoms in total. The monoisotopic (exact) mass is 313 g/mol. The first-order valence-corrected chi connectivity index (χ1v) is 7.82. The molecule has 0 amide bonds. The van der Waals surface area contributed by atoms with E-state index in [1.165, 1.54) is 12.1 Å². The Morgan fingerprint density at radius 1 is 1.05 bits per heavy atom. The van der Waals surface area contributed by atoms with Crippen molar-refractivity contribution in [2.75, 3.05) is 23.9 Å². The second kappa shape index (κ2) is 5.59. The van der Waals surface area contributed by atoms with Crippen molar-refractivity contribution < 1.29 is 8.42 Å². The molecule has 20 heavy (non-hydrogen) atoms. The average molecular weight is 314 g/mol. The largest absolute Gasteiger partial charge is 0.357 e. The fourth-order valence-electron chi connectivity index (χ4n) is 1.43. The molecule has 0 aliphatic carbocycles. The Kier molecular flexibility index (Phi) is 4.05. The number of nitrogens with one attached hydrogen (secondary N) is 2. The molecular weight excluding hydrogens is 302 g/mol. The van der Waals surface area contributed by atoms with Crippen molar-refractivity contribution >= 4 is 39.0 Å². The summed E-state index contributed by atoms with van der Waals surface area (Å²) in [4.78, 5) is 12.1. The Morgan fingerprint density at radius 3 is 2.20 bits per heavy atom. The number of aromatic nitrogens is 3. The highest BCUT2D eigenvalue weighted by Gasteiger charge is 2.07. The van der Waals surface area contributed by atoms with Crippen molar-refractivity contribution in [1.29, 1.82) is 0 Å². The van der Waals surface area contributed by atoms with Gasteiger partial charge in [0, 0.05) is 19.0 Å². The van der Waals surface area contributed by atoms with E-state index in [2.05, 4.69) is 25.6 Å². The van der Waals surface area contributed by atoms with E-state index in [0.29, 0.717) is 11.6 Å². The summed E-state index contributed by atoms with van der Waals surface area (Å²) in [5.41, 5.74) is 0.640. The molecule has 0 bridgehead atoms. The molecule has 0 fully saturated rings. The number of hydrogen-bond acceptors (Lipinski definition) is 7. The van der Waals surface area contributed by atoms with Crippen molar-refractivity contribution in [3.63, 3.8) is 0 Å². The van der Waals surface area contributed by atoms with Crippen molar-refractivity contribution in [1.82, 2.24) is 15.0 Å². The van der Waals surface area contributed by atoms with Crippen LogP contribution in [0.25, 0.3) is 0 Å². The molecule has 9 heteroatoms. The third kappa shape index (κ3) is 3.55. The van der Waals surface area contributed by atoms with Crippen LogP contribution in [0.3, 0.4) is 0 Å². The summed E-state index contributed by atoms with van der Waals surface area (Å²) in [7, 11) is -1.55. The molecule has 1 heterocycles. The van der Waals surface area contributed by atoms with E-state index < -0.39 is 9.84 Å². The summed E-state index contributed by atoms with van der Waals surface area (Å²) in [6, 6.07) is 6.24. The van der Waals surface area contributed by atoms with Crippen LogP contribution in [-0.4, -0.2) is 36.7 Å². The van der Waals surface area contributed by atoms with Gasteiger partial charge in [-0.25, -0.2) is 8.42 Å². The van der Waals surface area contributed by atoms with Crippen LogP contribution in [0.4, 0.5) is 17.6 Å². The summed E-state index contributed by atoms with van der Waals surface area (Å²) in [5, 5.41) is 5.73. The highest BCUT2D eigenvalue weighted by molar-refractivity contribution is 7.90. The van der Waals surface area contributed by atoms with Gasteiger partial charge in [0.05, 0.1) is 4.90 Å². The quantitative estimate of drug-likeness (QED) is 0.886. The lowest BCUT2D eigenvalue weighted by molar-refractivity contribution is 0.602. The molecule has 2 rings (SSSR count). The molecule has 0 saturated carbocycles. The van der Waals surface area contributed by atoms with Crippen LogP contribution in [0.5, 0.6) is 0 Å². The van der Waals surface area contributed by atoms with E-state index in [9.17, 15) is 8.42 Å². The Balaban J connectivity index is 2.24. The van der Waals surface area contributed by atoms with Crippen molar-refractivity contribution in [3.8, 4) is 0 Å². The maximum atomic E-state index is 11.4. The van der Waals surface area contributed by atoms with Gasteiger partial charge >= 0.3 is 0 Å². The fraction of sp³-hybridized carbons (Fsp3) is 0.182. The lowest BCUT2D eigenvalue weighted by Gasteiger charge is -2.07. The number of hydrogen-bond donors (Lipinski definition) is 2. The molecule has 0 aliphatic rings. The van der Waals surface area contributed by atoms with Crippen LogP contribution < -0.4 is 10.6 Å². The number of halogens is 1. The molecule has 2 aromatic rings. The van der Waals surface area contributed by atoms with Crippen LogP contribution in [0.15, 0.2) is 29.2 Å². The lowest BCUT2D eigenvalue weighted by Crippen LogP contribution is -2.04. The molecular formula is C11H12ClN5O2S. The highest BCUT2D eigenvalue weighted by Crippen LogP contribution is 2.18. The molecule has 2 N–H and O–H groups in total. The molecule has 0 spiro atoms. The summed E-state index contributed by atoms with van der Waals surface area (Å²) in [5.74, 6) is 0.599. The van der Waals surface area contributed by atoms with E-state index in [1.807, 2.05) is 0 Å². The van der Waals surface area contributed by atoms with Gasteiger partial charge in [0.15, 0.2) is 9.84 Å². The van der Waals surface area contributed by atoms with Crippen LogP contribution in [0.1, 0.15) is 0 Å². The van der Waals surface area contributed by atoms with E-state index in [0.717, 1.165) is 6.26 Å². The van der Waals surface area contributed by atoms with Gasteiger partial charge in [-0.1, -0.05) is 0 Å². The maximum absolute atomic E-state index is 11.4. The molecule has 1 aromatic heterocycles. The van der Waals surface area contributed by atoms with Gasteiger partial charge in [0.25, 0.3) is 0 Å². The minimum absolute atomic E-state index is 0.0552. The first-order chi connectivity index (χ1) is 9.38. The highest BCUT2D eigenvalue weighted by atomic mass is 35.5. The van der Waals surface area contributed by atoms with Crippen LogP contribution in [-0.2, 0) is 9.84 Å². The SMILES string of the molecule is CNc1nc(Cl)nc(Nc2ccc(S(C)(=O)=O)cc2)n1. The maximum Gasteiger partial charge on any atom is 0.233 e. The van der Waals surface area contributed by atoms with Crippen LogP contribution in [0, 0.1) is 0 Å². The molecule has 0 aliphatic heterocycles. The van der Waals surface area contributed by atoms with Crippen molar-refractivity contribution in [3.05, 3.63) is 29.5 Å². The zero-order valence-corrected chi connectivity index (χ0v) is 12.3. The Bertz CT molecular complexity index is 718. The third-order valence-corrected chi connectivity index (χ3v) is 3.67. The van der Waals surface area contributed by atoms with Crippen LogP contribution in [0.2, 0.25) is 5.28 Å². The minimum atomic E-state index is -3.21. The van der Waals surface area contributed by atoms with Crippen LogP contribution >= 0.6 is 11.6 Å². The van der Waals surface area contributed by atoms with E-state index in [4.69, 9.17) is 11.6 Å². The number of rotatable bonds is 4. The predicted molar refractivity (Wildman–Crippen MR) is 77.2 cm³/mol. The van der Waals surface area contributed by atoms with Gasteiger partial charge in [-0.2, -0.15) is 15.0 Å². The zero-order chi connectivity index (χ0) is 14.8. The fourth-order valence-corrected chi connectivity index (χ4v) is 2.22. The number of nitrogens with zero attached hydrogens (tertiary/aromatic N) is 3. The van der Waals surface area contributed by atoms with Gasteiger partial charge in [-0.3, -0.25) is 0 Å². The molecule has 1 aromatic carbocycles. The van der Waals surface area contributed by atoms with Crippen molar-refractivity contribution in [2.24, 2.45) is 0 Å². The topological polar surface area (TPSA) is 96.9 Å². The van der Waals surface area contributed by atoms with E-state index in [-0.39, 0.29) is 16.1 Å². The Morgan fingerprint density at radius 2 is 1.65 bits per heavy atom. The van der Waals surface area contributed by atoms with Crippen molar-refractivity contribution in [2.45, 2.75) is 4.90 Å². The molecule has 0 saturated heterocycles. The number of benzene rings is 1. The Hall–Kier alpha value is -1.93. The van der Waals surface area contributed by atoms with E-state index >= 15 is 0 Å². The first kappa shape index (κ1) is 14.5. The normalized spacial score (nSPS) is 11.2. The minimum Gasteiger partial charge on any atom is -0.357 e. The lowest BCUT2D eigenvalue weighted by atomic mass is 10.3. The first-order valence-electron chi connectivity index (χ1n) is 5.55. The second-order valence-corrected chi connectivity index (χ2v) is 6.28. The standard InChI is InChI=1S/C11H12ClN5O2S/c1-13-10-15-9(12)16-11(17-10)14-7-3-5-8(6-4-7)20(2,18)19/h3-6H,1-2H3,(H2,13,14,15,16,17). The summed E-state index contributed by atoms with van der Waals surface area (Å²) in [6.45, 7) is 0. The van der Waals surface area contributed by atoms with Gasteiger partial charge in [0.2, 0.25) is 17.2 Å². The molecule has 0 atom stereocenters. The molecule has 0 radical (unpaired) electrons. The molecule has 106 valence electrons. The summed E-state index contributed by atoms with van der Waals surface area (Å²) >= 11 is 5.76. The van der Waals surface area contributed by atoms with Gasteiger partial charge < -0.3 is 10.6 Å². The van der Waals surface area contributed by atoms with E-state index in [1.54, 1.807) is 19.2 Å². The predicted octanol–water partition coefficient (Wildman–Crippen LogP) is 1.71. The Labute approximate surface area is 121 Å². The molecule has 0 unspecified atom stereocenters. The zero-order valence-electron chi connectivity index (χ0n) is 10.8. The van der Waals surface area contributed by atoms with Gasteiger partial charge in [0.1, 0.15) is 0 Å². The van der Waals surface area contributed by atoms with Gasteiger partial charge in [-0.05, 0) is 35.9 Å². The number of sulfone groups is 1. The second-order valence-electron chi connectivity index (χ2n) is 3.92. The average Bonchev–Trinajstić information content (AvgIpc) is 2.37. The number of anilines is 3. The van der Waals surface area contributed by atoms with Gasteiger partial charge in [-0.15, -0.1) is 0 Å².